The number of carbonyl (C=O) groups is 2. The molecular formula is C33H33F6N3O3. The smallest absolute Gasteiger partial charge is 0.416 e. The SMILES string of the molecule is O=C(O)CN1CCC(c2ccc(C(=O)Nc3ccc(-c4ccc(C(F)(F)F)cc4)c(CN4CCC[C@H]4C(F)(F)F)c3)cc2)CC1. The molecule has 2 fully saturated rings. The number of alkyl halides is 6. The van der Waals surface area contributed by atoms with Crippen molar-refractivity contribution >= 4 is 17.6 Å². The highest BCUT2D eigenvalue weighted by Crippen LogP contribution is 2.37. The normalized spacial score (nSPS) is 18.7. The van der Waals surface area contributed by atoms with Gasteiger partial charge in [-0.2, -0.15) is 26.3 Å². The summed E-state index contributed by atoms with van der Waals surface area (Å²) < 4.78 is 80.5. The van der Waals surface area contributed by atoms with Crippen molar-refractivity contribution in [3.8, 4) is 11.1 Å². The van der Waals surface area contributed by atoms with Gasteiger partial charge in [0.1, 0.15) is 6.04 Å². The molecule has 3 aromatic rings. The zero-order valence-corrected chi connectivity index (χ0v) is 24.3. The number of hydrogen-bond donors (Lipinski definition) is 2. The van der Waals surface area contributed by atoms with Gasteiger partial charge in [0.25, 0.3) is 5.91 Å². The maximum atomic E-state index is 13.7. The minimum atomic E-state index is -4.53. The van der Waals surface area contributed by atoms with Crippen LogP contribution in [0.1, 0.15) is 58.6 Å². The third-order valence-corrected chi connectivity index (χ3v) is 8.59. The molecule has 0 saturated carbocycles. The highest BCUT2D eigenvalue weighted by molar-refractivity contribution is 6.04. The maximum absolute atomic E-state index is 13.7. The van der Waals surface area contributed by atoms with Crippen LogP contribution in [0.3, 0.4) is 0 Å². The standard InChI is InChI=1S/C33H33F6N3O3/c34-32(35,36)26-9-7-23(8-10-26)28-12-11-27(18-25(28)19-42-15-1-2-29(42)33(37,38)39)40-31(45)24-5-3-21(4-6-24)22-13-16-41(17-14-22)20-30(43)44/h3-12,18,22,29H,1-2,13-17,19-20H2,(H,40,45)(H,43,44)/t29-/m0/s1. The van der Waals surface area contributed by atoms with Gasteiger partial charge in [0.05, 0.1) is 12.1 Å². The van der Waals surface area contributed by atoms with Crippen LogP contribution >= 0.6 is 0 Å². The highest BCUT2D eigenvalue weighted by Gasteiger charge is 2.45. The predicted octanol–water partition coefficient (Wildman–Crippen LogP) is 7.42. The number of rotatable bonds is 8. The second-order valence-corrected chi connectivity index (χ2v) is 11.6. The third-order valence-electron chi connectivity index (χ3n) is 8.59. The van der Waals surface area contributed by atoms with Gasteiger partial charge in [-0.15, -0.1) is 0 Å². The molecule has 1 atom stereocenters. The number of carboxylic acid groups (broad SMARTS) is 1. The van der Waals surface area contributed by atoms with Gasteiger partial charge >= 0.3 is 18.3 Å². The molecule has 2 heterocycles. The Hall–Kier alpha value is -3.90. The summed E-state index contributed by atoms with van der Waals surface area (Å²) in [6.07, 6.45) is -7.00. The zero-order valence-electron chi connectivity index (χ0n) is 24.3. The number of carboxylic acids is 1. The molecule has 0 aliphatic carbocycles. The molecule has 5 rings (SSSR count). The van der Waals surface area contributed by atoms with E-state index < -0.39 is 35.8 Å². The first-order chi connectivity index (χ1) is 21.3. The van der Waals surface area contributed by atoms with Gasteiger partial charge in [0, 0.05) is 17.8 Å². The van der Waals surface area contributed by atoms with Gasteiger partial charge in [0.2, 0.25) is 0 Å². The van der Waals surface area contributed by atoms with Crippen molar-refractivity contribution in [2.75, 3.05) is 31.5 Å². The average molecular weight is 634 g/mol. The van der Waals surface area contributed by atoms with Crippen LogP contribution in [-0.4, -0.2) is 65.2 Å². The van der Waals surface area contributed by atoms with E-state index in [-0.39, 0.29) is 32.0 Å². The minimum absolute atomic E-state index is 0.0137. The molecule has 45 heavy (non-hydrogen) atoms. The van der Waals surface area contributed by atoms with E-state index in [0.29, 0.717) is 47.5 Å². The van der Waals surface area contributed by atoms with Gasteiger partial charge in [-0.3, -0.25) is 19.4 Å². The molecular weight excluding hydrogens is 600 g/mol. The molecule has 2 N–H and O–H groups in total. The summed E-state index contributed by atoms with van der Waals surface area (Å²) in [5.74, 6) is -1.02. The van der Waals surface area contributed by atoms with E-state index >= 15 is 0 Å². The number of benzene rings is 3. The summed E-state index contributed by atoms with van der Waals surface area (Å²) in [5.41, 5.74) is 2.30. The number of carbonyl (C=O) groups excluding carboxylic acids is 1. The minimum Gasteiger partial charge on any atom is -0.480 e. The summed E-state index contributed by atoms with van der Waals surface area (Å²) >= 11 is 0. The van der Waals surface area contributed by atoms with E-state index in [1.807, 2.05) is 17.0 Å². The Morgan fingerprint density at radius 3 is 2.11 bits per heavy atom. The lowest BCUT2D eigenvalue weighted by Gasteiger charge is -2.31. The van der Waals surface area contributed by atoms with Crippen LogP contribution < -0.4 is 5.32 Å². The number of halogens is 6. The number of hydrogen-bond acceptors (Lipinski definition) is 4. The lowest BCUT2D eigenvalue weighted by atomic mass is 9.89. The van der Waals surface area contributed by atoms with Crippen molar-refractivity contribution in [2.45, 2.75) is 56.5 Å². The fourth-order valence-corrected chi connectivity index (χ4v) is 6.25. The van der Waals surface area contributed by atoms with Crippen LogP contribution in [0.4, 0.5) is 32.0 Å². The van der Waals surface area contributed by atoms with Gasteiger partial charge in [-0.1, -0.05) is 30.3 Å². The van der Waals surface area contributed by atoms with E-state index in [9.17, 15) is 35.9 Å². The second-order valence-electron chi connectivity index (χ2n) is 11.6. The Labute approximate surface area is 256 Å². The molecule has 0 aromatic heterocycles. The first kappa shape index (κ1) is 32.5. The number of amides is 1. The van der Waals surface area contributed by atoms with Crippen molar-refractivity contribution in [3.63, 3.8) is 0 Å². The van der Waals surface area contributed by atoms with Crippen LogP contribution in [0, 0.1) is 0 Å². The van der Waals surface area contributed by atoms with Gasteiger partial charge in [-0.25, -0.2) is 0 Å². The van der Waals surface area contributed by atoms with E-state index in [4.69, 9.17) is 5.11 Å². The van der Waals surface area contributed by atoms with Gasteiger partial charge < -0.3 is 10.4 Å². The molecule has 240 valence electrons. The lowest BCUT2D eigenvalue weighted by Crippen LogP contribution is -2.40. The zero-order chi connectivity index (χ0) is 32.4. The molecule has 0 spiro atoms. The number of nitrogens with one attached hydrogen (secondary N) is 1. The third kappa shape index (κ3) is 8.04. The van der Waals surface area contributed by atoms with Crippen LogP contribution in [0.5, 0.6) is 0 Å². The van der Waals surface area contributed by atoms with E-state index in [1.165, 1.54) is 17.0 Å². The van der Waals surface area contributed by atoms with Crippen molar-refractivity contribution in [2.24, 2.45) is 0 Å². The first-order valence-corrected chi connectivity index (χ1v) is 14.7. The van der Waals surface area contributed by atoms with Crippen molar-refractivity contribution in [1.29, 1.82) is 0 Å². The molecule has 0 radical (unpaired) electrons. The molecule has 3 aromatic carbocycles. The molecule has 2 saturated heterocycles. The molecule has 2 aliphatic heterocycles. The Bertz CT molecular complexity index is 1500. The van der Waals surface area contributed by atoms with E-state index in [2.05, 4.69) is 5.32 Å². The number of nitrogens with zero attached hydrogens (tertiary/aromatic N) is 2. The van der Waals surface area contributed by atoms with Crippen LogP contribution in [0.15, 0.2) is 66.7 Å². The molecule has 1 amide bonds. The average Bonchev–Trinajstić information content (AvgIpc) is 3.46. The Balaban J connectivity index is 1.33. The monoisotopic (exact) mass is 633 g/mol. The van der Waals surface area contributed by atoms with Crippen LogP contribution in [-0.2, 0) is 17.5 Å². The largest absolute Gasteiger partial charge is 0.480 e. The summed E-state index contributed by atoms with van der Waals surface area (Å²) in [6, 6.07) is 14.7. The van der Waals surface area contributed by atoms with E-state index in [0.717, 1.165) is 30.5 Å². The first-order valence-electron chi connectivity index (χ1n) is 14.7. The Morgan fingerprint density at radius 2 is 1.51 bits per heavy atom. The summed E-state index contributed by atoms with van der Waals surface area (Å²) in [7, 11) is 0. The number of likely N-dealkylation sites (tertiary alicyclic amines) is 2. The van der Waals surface area contributed by atoms with E-state index in [1.54, 1.807) is 30.3 Å². The molecule has 2 aliphatic rings. The van der Waals surface area contributed by atoms with Gasteiger partial charge in [-0.05, 0) is 110 Å². The van der Waals surface area contributed by atoms with Crippen molar-refractivity contribution < 1.29 is 41.0 Å². The quantitative estimate of drug-likeness (QED) is 0.253. The van der Waals surface area contributed by atoms with Crippen molar-refractivity contribution in [1.82, 2.24) is 9.80 Å². The molecule has 0 bridgehead atoms. The number of anilines is 1. The van der Waals surface area contributed by atoms with Crippen LogP contribution in [0.25, 0.3) is 11.1 Å². The molecule has 12 heteroatoms. The fraction of sp³-hybridized carbons (Fsp3) is 0.394. The molecule has 6 nitrogen and oxygen atoms in total. The Kier molecular flexibility index (Phi) is 9.54. The topological polar surface area (TPSA) is 72.9 Å². The number of piperidine rings is 1. The Morgan fingerprint density at radius 1 is 0.844 bits per heavy atom. The summed E-state index contributed by atoms with van der Waals surface area (Å²) in [4.78, 5) is 27.3. The fourth-order valence-electron chi connectivity index (χ4n) is 6.25. The summed E-state index contributed by atoms with van der Waals surface area (Å²) in [5, 5.41) is 11.8. The van der Waals surface area contributed by atoms with Gasteiger partial charge in [0.15, 0.2) is 0 Å². The summed E-state index contributed by atoms with van der Waals surface area (Å²) in [6.45, 7) is 1.48. The van der Waals surface area contributed by atoms with Crippen molar-refractivity contribution in [3.05, 3.63) is 89.0 Å². The maximum Gasteiger partial charge on any atom is 0.416 e. The molecule has 0 unspecified atom stereocenters. The number of aliphatic carboxylic acids is 1. The predicted molar refractivity (Wildman–Crippen MR) is 157 cm³/mol. The highest BCUT2D eigenvalue weighted by atomic mass is 19.4. The second kappa shape index (κ2) is 13.2. The lowest BCUT2D eigenvalue weighted by molar-refractivity contribution is -0.177. The van der Waals surface area contributed by atoms with Crippen LogP contribution in [0.2, 0.25) is 0 Å².